The lowest BCUT2D eigenvalue weighted by molar-refractivity contribution is -0.929. The fourth-order valence-corrected chi connectivity index (χ4v) is 4.24. The van der Waals surface area contributed by atoms with Crippen LogP contribution in [0.3, 0.4) is 0 Å². The molecule has 0 fully saturated rings. The molecule has 2 aromatic carbocycles. The molecule has 1 aliphatic rings. The van der Waals surface area contributed by atoms with Crippen molar-refractivity contribution in [2.24, 2.45) is 0 Å². The van der Waals surface area contributed by atoms with Crippen LogP contribution in [0.15, 0.2) is 42.5 Å². The highest BCUT2D eigenvalue weighted by atomic mass is 35.5. The third-order valence-corrected chi connectivity index (χ3v) is 5.83. The van der Waals surface area contributed by atoms with Crippen LogP contribution >= 0.6 is 11.6 Å². The second-order valence-electron chi connectivity index (χ2n) is 7.18. The van der Waals surface area contributed by atoms with Crippen molar-refractivity contribution in [3.05, 3.63) is 70.0 Å². The van der Waals surface area contributed by atoms with Gasteiger partial charge >= 0.3 is 0 Å². The molecule has 28 heavy (non-hydrogen) atoms. The van der Waals surface area contributed by atoms with Gasteiger partial charge in [-0.3, -0.25) is 0 Å². The largest absolute Gasteiger partial charge is 0.493 e. The molecule has 0 spiro atoms. The first-order valence-corrected chi connectivity index (χ1v) is 9.85. The number of nitrogens with one attached hydrogen (secondary N) is 1. The molecule has 0 aliphatic carbocycles. The average molecular weight is 399 g/mol. The van der Waals surface area contributed by atoms with Crippen molar-refractivity contribution in [3.63, 3.8) is 0 Å². The van der Waals surface area contributed by atoms with Crippen molar-refractivity contribution in [1.29, 1.82) is 0 Å². The van der Waals surface area contributed by atoms with Crippen LogP contribution in [-0.2, 0) is 19.5 Å². The highest BCUT2D eigenvalue weighted by molar-refractivity contribution is 6.30. The van der Waals surface area contributed by atoms with E-state index in [9.17, 15) is 0 Å². The summed E-state index contributed by atoms with van der Waals surface area (Å²) in [5, 5.41) is 5.38. The Labute approximate surface area is 170 Å². The number of aromatic nitrogens is 2. The first-order chi connectivity index (χ1) is 13.6. The first-order valence-electron chi connectivity index (χ1n) is 9.47. The SMILES string of the molecule is COc1cc2c(cc1OC)C[NH+](Cc1c(C)nn(-c3ccccc3)c1Cl)CC2. The number of ether oxygens (including phenoxy) is 2. The van der Waals surface area contributed by atoms with Gasteiger partial charge in [0.15, 0.2) is 11.5 Å². The van der Waals surface area contributed by atoms with E-state index in [4.69, 9.17) is 21.1 Å². The highest BCUT2D eigenvalue weighted by Gasteiger charge is 2.25. The van der Waals surface area contributed by atoms with Crippen LogP contribution in [0.25, 0.3) is 5.69 Å². The van der Waals surface area contributed by atoms with Gasteiger partial charge in [0.05, 0.1) is 37.7 Å². The number of methoxy groups -OCH3 is 2. The summed E-state index contributed by atoms with van der Waals surface area (Å²) >= 11 is 6.72. The van der Waals surface area contributed by atoms with E-state index in [1.54, 1.807) is 14.2 Å². The minimum Gasteiger partial charge on any atom is -0.493 e. The van der Waals surface area contributed by atoms with Crippen molar-refractivity contribution in [2.45, 2.75) is 26.4 Å². The Morgan fingerprint density at radius 2 is 1.75 bits per heavy atom. The molecule has 0 bridgehead atoms. The number of benzene rings is 2. The van der Waals surface area contributed by atoms with Crippen molar-refractivity contribution in [3.8, 4) is 17.2 Å². The molecule has 0 saturated heterocycles. The zero-order valence-electron chi connectivity index (χ0n) is 16.5. The Bertz CT molecular complexity index is 985. The second-order valence-corrected chi connectivity index (χ2v) is 7.54. The van der Waals surface area contributed by atoms with Crippen LogP contribution in [0.2, 0.25) is 5.15 Å². The van der Waals surface area contributed by atoms with Crippen LogP contribution < -0.4 is 14.4 Å². The van der Waals surface area contributed by atoms with Crippen molar-refractivity contribution >= 4 is 11.6 Å². The standard InChI is InChI=1S/C22H24ClN3O2/c1-15-19(22(23)26(24-15)18-7-5-4-6-8-18)14-25-10-9-16-11-20(27-2)21(28-3)12-17(16)13-25/h4-8,11-12H,9-10,13-14H2,1-3H3/p+1. The minimum atomic E-state index is 0.703. The average Bonchev–Trinajstić information content (AvgIpc) is 3.01. The number of hydrogen-bond donors (Lipinski definition) is 1. The predicted molar refractivity (Wildman–Crippen MR) is 110 cm³/mol. The molecule has 0 amide bonds. The number of quaternary nitrogens is 1. The minimum absolute atomic E-state index is 0.703. The van der Waals surface area contributed by atoms with E-state index < -0.39 is 0 Å². The zero-order chi connectivity index (χ0) is 19.7. The quantitative estimate of drug-likeness (QED) is 0.718. The number of para-hydroxylation sites is 1. The van der Waals surface area contributed by atoms with Crippen LogP contribution in [0, 0.1) is 6.92 Å². The summed E-state index contributed by atoms with van der Waals surface area (Å²) < 4.78 is 12.7. The van der Waals surface area contributed by atoms with Gasteiger partial charge in [-0.2, -0.15) is 5.10 Å². The van der Waals surface area contributed by atoms with Gasteiger partial charge in [-0.1, -0.05) is 29.8 Å². The van der Waals surface area contributed by atoms with Crippen molar-refractivity contribution in [2.75, 3.05) is 20.8 Å². The number of hydrogen-bond acceptors (Lipinski definition) is 3. The summed E-state index contributed by atoms with van der Waals surface area (Å²) in [6, 6.07) is 14.2. The molecule has 1 atom stereocenters. The lowest BCUT2D eigenvalue weighted by Crippen LogP contribution is -3.10. The number of fused-ring (bicyclic) bond motifs is 1. The molecule has 6 heteroatoms. The Morgan fingerprint density at radius 1 is 1.07 bits per heavy atom. The lowest BCUT2D eigenvalue weighted by atomic mass is 9.98. The Hall–Kier alpha value is -2.50. The number of aryl methyl sites for hydroxylation is 1. The number of nitrogens with zero attached hydrogens (tertiary/aromatic N) is 2. The van der Waals surface area contributed by atoms with Crippen LogP contribution in [-0.4, -0.2) is 30.5 Å². The van der Waals surface area contributed by atoms with Gasteiger partial charge in [0.25, 0.3) is 0 Å². The van der Waals surface area contributed by atoms with Gasteiger partial charge in [-0.15, -0.1) is 0 Å². The van der Waals surface area contributed by atoms with E-state index >= 15 is 0 Å². The fourth-order valence-electron chi connectivity index (χ4n) is 3.90. The van der Waals surface area contributed by atoms with Gasteiger partial charge in [0.1, 0.15) is 18.2 Å². The maximum Gasteiger partial charge on any atom is 0.161 e. The Morgan fingerprint density at radius 3 is 2.43 bits per heavy atom. The summed E-state index contributed by atoms with van der Waals surface area (Å²) in [5.74, 6) is 1.58. The molecule has 1 unspecified atom stereocenters. The third-order valence-electron chi connectivity index (χ3n) is 5.44. The van der Waals surface area contributed by atoms with Crippen LogP contribution in [0.4, 0.5) is 0 Å². The van der Waals surface area contributed by atoms with Gasteiger partial charge in [0, 0.05) is 12.0 Å². The van der Waals surface area contributed by atoms with Crippen molar-refractivity contribution in [1.82, 2.24) is 9.78 Å². The Kier molecular flexibility index (Phi) is 5.29. The Balaban J connectivity index is 1.58. The summed E-state index contributed by atoms with van der Waals surface area (Å²) in [5.41, 5.74) is 5.73. The molecule has 146 valence electrons. The van der Waals surface area contributed by atoms with E-state index in [2.05, 4.69) is 17.2 Å². The molecular formula is C22H25ClN3O2+. The summed E-state index contributed by atoms with van der Waals surface area (Å²) in [6.07, 6.45) is 1.01. The maximum atomic E-state index is 6.72. The van der Waals surface area contributed by atoms with Crippen LogP contribution in [0.1, 0.15) is 22.4 Å². The molecule has 3 aromatic rings. The predicted octanol–water partition coefficient (Wildman–Crippen LogP) is 2.99. The van der Waals surface area contributed by atoms with Gasteiger partial charge < -0.3 is 14.4 Å². The molecule has 1 N–H and O–H groups in total. The topological polar surface area (TPSA) is 40.7 Å². The zero-order valence-corrected chi connectivity index (χ0v) is 17.2. The first kappa shape index (κ1) is 18.8. The van der Waals surface area contributed by atoms with E-state index in [-0.39, 0.29) is 0 Å². The molecule has 5 nitrogen and oxygen atoms in total. The van der Waals surface area contributed by atoms with Gasteiger partial charge in [-0.05, 0) is 36.8 Å². The fraction of sp³-hybridized carbons (Fsp3) is 0.318. The molecule has 4 rings (SSSR count). The summed E-state index contributed by atoms with van der Waals surface area (Å²) in [7, 11) is 3.36. The van der Waals surface area contributed by atoms with E-state index in [0.717, 1.165) is 54.5 Å². The summed E-state index contributed by atoms with van der Waals surface area (Å²) in [6.45, 7) is 4.87. The molecular weight excluding hydrogens is 374 g/mol. The highest BCUT2D eigenvalue weighted by Crippen LogP contribution is 2.31. The second kappa shape index (κ2) is 7.86. The van der Waals surface area contributed by atoms with E-state index in [1.165, 1.54) is 16.0 Å². The smallest absolute Gasteiger partial charge is 0.161 e. The number of rotatable bonds is 5. The van der Waals surface area contributed by atoms with Gasteiger partial charge in [-0.25, -0.2) is 4.68 Å². The summed E-state index contributed by atoms with van der Waals surface area (Å²) in [4.78, 5) is 1.47. The van der Waals surface area contributed by atoms with E-state index in [0.29, 0.717) is 5.15 Å². The number of halogens is 1. The van der Waals surface area contributed by atoms with E-state index in [1.807, 2.05) is 41.9 Å². The van der Waals surface area contributed by atoms with Crippen molar-refractivity contribution < 1.29 is 14.4 Å². The third kappa shape index (κ3) is 3.48. The molecule has 1 aromatic heterocycles. The molecule has 1 aliphatic heterocycles. The monoisotopic (exact) mass is 398 g/mol. The maximum absolute atomic E-state index is 6.72. The van der Waals surface area contributed by atoms with Gasteiger partial charge in [0.2, 0.25) is 0 Å². The molecule has 0 radical (unpaired) electrons. The van der Waals surface area contributed by atoms with Crippen LogP contribution in [0.5, 0.6) is 11.5 Å². The molecule has 0 saturated carbocycles. The normalized spacial score (nSPS) is 15.9. The molecule has 2 heterocycles. The lowest BCUT2D eigenvalue weighted by Gasteiger charge is -2.27.